The molecule has 49 heavy (non-hydrogen) atoms. The maximum Gasteiger partial charge on any atom is 0.164 e. The van der Waals surface area contributed by atoms with E-state index in [1.54, 1.807) is 0 Å². The van der Waals surface area contributed by atoms with Gasteiger partial charge in [0.05, 0.1) is 0 Å². The fraction of sp³-hybridized carbons (Fsp3) is 0.395. The Morgan fingerprint density at radius 2 is 1.45 bits per heavy atom. The number of carbonyl (C=O) groups is 1. The molecule has 261 valence electrons. The van der Waals surface area contributed by atoms with Crippen LogP contribution in [-0.2, 0) is 30.3 Å². The molecule has 6 rings (SSSR count). The van der Waals surface area contributed by atoms with Crippen molar-refractivity contribution in [1.29, 1.82) is 0 Å². The summed E-state index contributed by atoms with van der Waals surface area (Å²) in [5.74, 6) is 1.18. The minimum absolute atomic E-state index is 0. The fourth-order valence-electron chi connectivity index (χ4n) is 6.29. The van der Waals surface area contributed by atoms with Crippen molar-refractivity contribution in [3.05, 3.63) is 90.0 Å². The second-order valence-electron chi connectivity index (χ2n) is 14.7. The molecule has 0 bridgehead atoms. The first-order chi connectivity index (χ1) is 22.7. The zero-order valence-electron chi connectivity index (χ0n) is 30.6. The number of furan rings is 2. The molecule has 6 aromatic rings. The second-order valence-corrected chi connectivity index (χ2v) is 14.7. The summed E-state index contributed by atoms with van der Waals surface area (Å²) < 4.78 is 12.2. The monoisotopic (exact) mass is 837 g/mol. The molecule has 0 fully saturated rings. The number of aromatic nitrogens is 1. The first-order valence-electron chi connectivity index (χ1n) is 17.3. The van der Waals surface area contributed by atoms with Gasteiger partial charge < -0.3 is 13.9 Å². The Morgan fingerprint density at radius 1 is 0.816 bits per heavy atom. The van der Waals surface area contributed by atoms with Crippen molar-refractivity contribution in [2.45, 2.75) is 100 Å². The molecule has 0 spiro atoms. The van der Waals surface area contributed by atoms with E-state index in [4.69, 9.17) is 13.8 Å². The summed E-state index contributed by atoms with van der Waals surface area (Å²) in [6.45, 7) is 20.8. The molecule has 3 aromatic heterocycles. The number of rotatable bonds is 8. The van der Waals surface area contributed by atoms with E-state index < -0.39 is 0 Å². The van der Waals surface area contributed by atoms with Crippen LogP contribution in [0.15, 0.2) is 81.5 Å². The number of nitrogens with zero attached hydrogens (tertiary/aromatic N) is 1. The van der Waals surface area contributed by atoms with Gasteiger partial charge in [-0.3, -0.25) is 9.78 Å². The SMILES string of the molecule is CCC(C)(CC)C(=O)/C=C(\O)C(C)(CC)CC.Cc1cc2c(ccc3oc4c(-c5[c-]c6ccccc6c(C(C)(C)C)c5)nccc4c32)o1.[Ir]. The number of pyridine rings is 1. The summed E-state index contributed by atoms with van der Waals surface area (Å²) >= 11 is 0. The van der Waals surface area contributed by atoms with E-state index in [1.807, 2.05) is 72.9 Å². The van der Waals surface area contributed by atoms with E-state index in [-0.39, 0.29) is 47.9 Å². The number of ketones is 1. The third-order valence-electron chi connectivity index (χ3n) is 10.6. The molecule has 0 unspecified atom stereocenters. The van der Waals surface area contributed by atoms with Crippen LogP contribution in [0.2, 0.25) is 0 Å². The molecule has 0 saturated heterocycles. The van der Waals surface area contributed by atoms with Gasteiger partial charge in [-0.1, -0.05) is 91.5 Å². The summed E-state index contributed by atoms with van der Waals surface area (Å²) in [4.78, 5) is 16.9. The van der Waals surface area contributed by atoms with Gasteiger partial charge in [0.1, 0.15) is 28.3 Å². The number of aliphatic hydroxyl groups excluding tert-OH is 1. The van der Waals surface area contributed by atoms with Crippen molar-refractivity contribution in [1.82, 2.24) is 4.98 Å². The molecule has 0 atom stereocenters. The number of allylic oxidation sites excluding steroid dienone is 2. The van der Waals surface area contributed by atoms with Gasteiger partial charge in [0.25, 0.3) is 0 Å². The largest absolute Gasteiger partial charge is 0.512 e. The Kier molecular flexibility index (Phi) is 11.4. The van der Waals surface area contributed by atoms with E-state index in [0.717, 1.165) is 81.0 Å². The Labute approximate surface area is 304 Å². The van der Waals surface area contributed by atoms with E-state index in [0.29, 0.717) is 0 Å². The number of hydrogen-bond acceptors (Lipinski definition) is 5. The Bertz CT molecular complexity index is 2130. The summed E-state index contributed by atoms with van der Waals surface area (Å²) in [5.41, 5.74) is 4.94. The van der Waals surface area contributed by atoms with E-state index in [1.165, 1.54) is 17.0 Å². The van der Waals surface area contributed by atoms with Gasteiger partial charge in [0, 0.05) is 65.1 Å². The smallest absolute Gasteiger partial charge is 0.164 e. The van der Waals surface area contributed by atoms with Crippen molar-refractivity contribution in [3.8, 4) is 11.3 Å². The van der Waals surface area contributed by atoms with Gasteiger partial charge >= 0.3 is 0 Å². The number of carbonyl (C=O) groups excluding carboxylic acids is 1. The minimum Gasteiger partial charge on any atom is -0.512 e. The second kappa shape index (κ2) is 14.6. The fourth-order valence-corrected chi connectivity index (χ4v) is 6.29. The van der Waals surface area contributed by atoms with Crippen LogP contribution in [0, 0.1) is 23.8 Å². The van der Waals surface area contributed by atoms with Crippen molar-refractivity contribution < 1.29 is 38.8 Å². The van der Waals surface area contributed by atoms with Crippen molar-refractivity contribution in [2.75, 3.05) is 0 Å². The molecular weight excluding hydrogens is 787 g/mol. The van der Waals surface area contributed by atoms with Crippen LogP contribution >= 0.6 is 0 Å². The summed E-state index contributed by atoms with van der Waals surface area (Å²) in [5, 5.41) is 15.6. The van der Waals surface area contributed by atoms with Gasteiger partial charge in [-0.15, -0.1) is 29.1 Å². The normalized spacial score (nSPS) is 12.7. The standard InChI is InChI=1S/C28H22NO2.C15H28O2.Ir/c1-16-13-21-23(30-16)9-10-24-25(21)20-11-12-29-26(27(20)31-24)18-14-17-7-5-6-8-19(17)22(15-18)28(2,3)4;1-7-14(5,8-2)12(16)11-13(17)15(6,9-3)10-4;/h5-13,15H,1-4H3;11,16H,7-10H2,1-6H3;/q-1;;/b;12-11-;. The Balaban J connectivity index is 0.000000260. The molecule has 1 N–H and O–H groups in total. The predicted octanol–water partition coefficient (Wildman–Crippen LogP) is 12.6. The van der Waals surface area contributed by atoms with Crippen LogP contribution in [-0.4, -0.2) is 15.9 Å². The van der Waals surface area contributed by atoms with Crippen LogP contribution in [0.4, 0.5) is 0 Å². The van der Waals surface area contributed by atoms with Crippen molar-refractivity contribution >= 4 is 49.5 Å². The molecule has 0 aliphatic carbocycles. The molecule has 6 heteroatoms. The maximum absolute atomic E-state index is 12.2. The van der Waals surface area contributed by atoms with E-state index >= 15 is 0 Å². The molecule has 0 saturated carbocycles. The molecule has 5 nitrogen and oxygen atoms in total. The molecule has 1 radical (unpaired) electrons. The van der Waals surface area contributed by atoms with Crippen molar-refractivity contribution in [2.24, 2.45) is 10.8 Å². The third-order valence-corrected chi connectivity index (χ3v) is 10.6. The molecule has 3 heterocycles. The number of hydrogen-bond donors (Lipinski definition) is 1. The first-order valence-corrected chi connectivity index (χ1v) is 17.3. The van der Waals surface area contributed by atoms with Crippen LogP contribution in [0.5, 0.6) is 0 Å². The molecule has 0 aliphatic rings. The van der Waals surface area contributed by atoms with Gasteiger partial charge in [-0.05, 0) is 62.3 Å². The van der Waals surface area contributed by atoms with Crippen LogP contribution < -0.4 is 0 Å². The molecule has 0 aliphatic heterocycles. The van der Waals surface area contributed by atoms with E-state index in [2.05, 4.69) is 63.2 Å². The zero-order chi connectivity index (χ0) is 35.0. The predicted molar refractivity (Wildman–Crippen MR) is 200 cm³/mol. The summed E-state index contributed by atoms with van der Waals surface area (Å²) in [6, 6.07) is 22.3. The number of fused-ring (bicyclic) bond motifs is 6. The average molecular weight is 837 g/mol. The minimum atomic E-state index is -0.337. The van der Waals surface area contributed by atoms with Gasteiger partial charge in [-0.2, -0.15) is 0 Å². The van der Waals surface area contributed by atoms with Gasteiger partial charge in [-0.25, -0.2) is 0 Å². The zero-order valence-corrected chi connectivity index (χ0v) is 33.0. The third kappa shape index (κ3) is 7.28. The Hall–Kier alpha value is -3.73. The first kappa shape index (κ1) is 38.1. The maximum atomic E-state index is 12.2. The summed E-state index contributed by atoms with van der Waals surface area (Å²) in [7, 11) is 0. The van der Waals surface area contributed by atoms with Gasteiger partial charge in [0.2, 0.25) is 0 Å². The summed E-state index contributed by atoms with van der Waals surface area (Å²) in [6.07, 6.45) is 6.61. The molecule has 3 aromatic carbocycles. The molecule has 0 amide bonds. The van der Waals surface area contributed by atoms with Crippen LogP contribution in [0.25, 0.3) is 54.9 Å². The number of aryl methyl sites for hydroxylation is 1. The average Bonchev–Trinajstić information content (AvgIpc) is 3.66. The Morgan fingerprint density at radius 3 is 2.08 bits per heavy atom. The quantitative estimate of drug-likeness (QED) is 0.0939. The van der Waals surface area contributed by atoms with Crippen LogP contribution in [0.3, 0.4) is 0 Å². The number of benzene rings is 3. The van der Waals surface area contributed by atoms with Crippen molar-refractivity contribution in [3.63, 3.8) is 0 Å². The van der Waals surface area contributed by atoms with Crippen LogP contribution in [0.1, 0.15) is 99.3 Å². The van der Waals surface area contributed by atoms with Gasteiger partial charge in [0.15, 0.2) is 5.78 Å². The van der Waals surface area contributed by atoms with E-state index in [9.17, 15) is 9.90 Å². The number of aliphatic hydroxyl groups is 1. The molecular formula is C43H50IrNO4-. The topological polar surface area (TPSA) is 76.5 Å².